The minimum absolute atomic E-state index is 0.286. The Labute approximate surface area is 81.8 Å². The van der Waals surface area contributed by atoms with Crippen molar-refractivity contribution in [3.63, 3.8) is 0 Å². The van der Waals surface area contributed by atoms with E-state index in [0.717, 1.165) is 21.3 Å². The van der Waals surface area contributed by atoms with Crippen molar-refractivity contribution in [3.05, 3.63) is 41.0 Å². The van der Waals surface area contributed by atoms with Crippen molar-refractivity contribution in [2.24, 2.45) is 0 Å². The van der Waals surface area contributed by atoms with Crippen molar-refractivity contribution in [1.29, 1.82) is 0 Å². The number of rotatable bonds is 0. The van der Waals surface area contributed by atoms with Crippen LogP contribution in [0.3, 0.4) is 0 Å². The molecule has 2 aromatic rings. The van der Waals surface area contributed by atoms with Crippen LogP contribution in [0.25, 0.3) is 23.1 Å². The van der Waals surface area contributed by atoms with Crippen LogP contribution in [0.4, 0.5) is 0 Å². The summed E-state index contributed by atoms with van der Waals surface area (Å²) in [6.07, 6.45) is 1.65. The maximum Gasteiger partial charge on any atom is 0.0985 e. The van der Waals surface area contributed by atoms with Crippen LogP contribution in [-0.2, 0) is 0 Å². The minimum atomic E-state index is 0.286. The molecule has 0 unspecified atom stereocenters. The molecule has 0 aliphatic carbocycles. The second-order valence-corrected chi connectivity index (χ2v) is 3.25. The summed E-state index contributed by atoms with van der Waals surface area (Å²) in [7, 11) is 0. The van der Waals surface area contributed by atoms with Crippen LogP contribution in [-0.4, -0.2) is 10.1 Å². The number of aliphatic hydroxyl groups excluding tert-OH is 1. The molecular weight excluding hydrogens is 174 g/mol. The lowest BCUT2D eigenvalue weighted by molar-refractivity contribution is 0.499. The fourth-order valence-electron chi connectivity index (χ4n) is 1.54. The molecule has 2 nitrogen and oxygen atoms in total. The Morgan fingerprint density at radius 1 is 1.29 bits per heavy atom. The van der Waals surface area contributed by atoms with Crippen LogP contribution >= 0.6 is 0 Å². The second kappa shape index (κ2) is 3.14. The molecule has 0 amide bonds. The zero-order valence-electron chi connectivity index (χ0n) is 7.99. The molecule has 0 bridgehead atoms. The third-order valence-corrected chi connectivity index (χ3v) is 2.27. The van der Waals surface area contributed by atoms with Gasteiger partial charge in [0.2, 0.25) is 0 Å². The summed E-state index contributed by atoms with van der Waals surface area (Å²) in [5.41, 5.74) is 0. The molecule has 0 atom stereocenters. The van der Waals surface area contributed by atoms with E-state index in [9.17, 15) is 5.11 Å². The first kappa shape index (κ1) is 8.75. The van der Waals surface area contributed by atoms with Crippen molar-refractivity contribution >= 4 is 23.1 Å². The van der Waals surface area contributed by atoms with Gasteiger partial charge in [0.05, 0.1) is 11.1 Å². The largest absolute Gasteiger partial charge is 0.512 e. The number of pyridine rings is 1. The van der Waals surface area contributed by atoms with E-state index in [0.29, 0.717) is 0 Å². The number of fused-ring (bicyclic) bond motifs is 1. The van der Waals surface area contributed by atoms with E-state index in [1.165, 1.54) is 0 Å². The zero-order chi connectivity index (χ0) is 10.1. The quantitative estimate of drug-likeness (QED) is 0.671. The molecule has 0 saturated carbocycles. The van der Waals surface area contributed by atoms with Crippen LogP contribution < -0.4 is 10.6 Å². The fourth-order valence-corrected chi connectivity index (χ4v) is 1.54. The van der Waals surface area contributed by atoms with Crippen LogP contribution in [0.2, 0.25) is 0 Å². The predicted molar refractivity (Wildman–Crippen MR) is 58.2 cm³/mol. The molecule has 14 heavy (non-hydrogen) atoms. The Kier molecular flexibility index (Phi) is 1.97. The highest BCUT2D eigenvalue weighted by molar-refractivity contribution is 5.83. The highest BCUT2D eigenvalue weighted by Gasteiger charge is 1.97. The average molecular weight is 185 g/mol. The smallest absolute Gasteiger partial charge is 0.0985 e. The van der Waals surface area contributed by atoms with Crippen molar-refractivity contribution in [1.82, 2.24) is 4.98 Å². The van der Waals surface area contributed by atoms with E-state index in [2.05, 4.69) is 11.6 Å². The Balaban J connectivity index is 3.13. The molecule has 2 heteroatoms. The SMILES string of the molecule is C=c1nc/c(=C(\C)O)c2ccccc12. The maximum absolute atomic E-state index is 9.47. The molecule has 0 saturated heterocycles. The van der Waals surface area contributed by atoms with E-state index < -0.39 is 0 Å². The van der Waals surface area contributed by atoms with Crippen LogP contribution in [0, 0.1) is 0 Å². The number of aromatic nitrogens is 1. The normalized spacial score (nSPS) is 12.9. The van der Waals surface area contributed by atoms with Gasteiger partial charge in [-0.3, -0.25) is 4.98 Å². The molecule has 0 fully saturated rings. The summed E-state index contributed by atoms with van der Waals surface area (Å²) in [5, 5.41) is 13.0. The van der Waals surface area contributed by atoms with Gasteiger partial charge in [-0.1, -0.05) is 30.8 Å². The van der Waals surface area contributed by atoms with E-state index in [1.807, 2.05) is 24.3 Å². The van der Waals surface area contributed by atoms with E-state index in [-0.39, 0.29) is 5.76 Å². The molecule has 70 valence electrons. The van der Waals surface area contributed by atoms with Gasteiger partial charge in [-0.05, 0) is 12.3 Å². The fraction of sp³-hybridized carbons (Fsp3) is 0.0833. The van der Waals surface area contributed by atoms with Crippen LogP contribution in [0.5, 0.6) is 0 Å². The van der Waals surface area contributed by atoms with Gasteiger partial charge in [-0.25, -0.2) is 0 Å². The van der Waals surface area contributed by atoms with Gasteiger partial charge < -0.3 is 5.11 Å². The molecule has 1 aromatic carbocycles. The Bertz CT molecular complexity index is 583. The van der Waals surface area contributed by atoms with E-state index >= 15 is 0 Å². The van der Waals surface area contributed by atoms with Gasteiger partial charge in [0.25, 0.3) is 0 Å². The minimum Gasteiger partial charge on any atom is -0.512 e. The first-order valence-corrected chi connectivity index (χ1v) is 4.42. The standard InChI is InChI=1S/C12H11NO/c1-8-10-5-3-4-6-11(10)12(7-13-8)9(2)14/h3-7,14H,1H2,2H3/b12-9-. The summed E-state index contributed by atoms with van der Waals surface area (Å²) in [4.78, 5) is 4.14. The van der Waals surface area contributed by atoms with Gasteiger partial charge in [-0.2, -0.15) is 0 Å². The average Bonchev–Trinajstić information content (AvgIpc) is 2.18. The first-order chi connectivity index (χ1) is 6.70. The molecule has 0 aliphatic heterocycles. The molecule has 1 N–H and O–H groups in total. The van der Waals surface area contributed by atoms with Gasteiger partial charge >= 0.3 is 0 Å². The number of hydrogen-bond acceptors (Lipinski definition) is 2. The van der Waals surface area contributed by atoms with Gasteiger partial charge in [0.15, 0.2) is 0 Å². The van der Waals surface area contributed by atoms with Crippen LogP contribution in [0.15, 0.2) is 30.5 Å². The predicted octanol–water partition coefficient (Wildman–Crippen LogP) is 1.33. The summed E-state index contributed by atoms with van der Waals surface area (Å²) in [5.74, 6) is 0.286. The Hall–Kier alpha value is -1.83. The summed E-state index contributed by atoms with van der Waals surface area (Å²) >= 11 is 0. The molecular formula is C12H11NO. The summed E-state index contributed by atoms with van der Waals surface area (Å²) in [6, 6.07) is 7.79. The van der Waals surface area contributed by atoms with Gasteiger partial charge in [-0.15, -0.1) is 0 Å². The molecule has 0 spiro atoms. The van der Waals surface area contributed by atoms with Crippen molar-refractivity contribution < 1.29 is 5.11 Å². The zero-order valence-corrected chi connectivity index (χ0v) is 7.99. The van der Waals surface area contributed by atoms with Crippen molar-refractivity contribution in [2.45, 2.75) is 6.92 Å². The summed E-state index contributed by atoms with van der Waals surface area (Å²) in [6.45, 7) is 5.51. The molecule has 0 aliphatic rings. The first-order valence-electron chi connectivity index (χ1n) is 4.42. The van der Waals surface area contributed by atoms with E-state index in [4.69, 9.17) is 0 Å². The second-order valence-electron chi connectivity index (χ2n) is 3.25. The lowest BCUT2D eigenvalue weighted by Crippen LogP contribution is -2.15. The lowest BCUT2D eigenvalue weighted by atomic mass is 10.1. The molecule has 1 aromatic heterocycles. The number of nitrogens with zero attached hydrogens (tertiary/aromatic N) is 1. The number of benzene rings is 1. The molecule has 1 heterocycles. The monoisotopic (exact) mass is 185 g/mol. The molecule has 2 rings (SSSR count). The topological polar surface area (TPSA) is 33.1 Å². The van der Waals surface area contributed by atoms with E-state index in [1.54, 1.807) is 13.1 Å². The van der Waals surface area contributed by atoms with Gasteiger partial charge in [0.1, 0.15) is 0 Å². The number of aliphatic hydroxyl groups is 1. The molecule has 0 radical (unpaired) electrons. The summed E-state index contributed by atoms with van der Waals surface area (Å²) < 4.78 is 0. The maximum atomic E-state index is 9.47. The number of hydrogen-bond donors (Lipinski definition) is 1. The van der Waals surface area contributed by atoms with Crippen LogP contribution in [0.1, 0.15) is 6.92 Å². The third-order valence-electron chi connectivity index (χ3n) is 2.27. The Morgan fingerprint density at radius 2 is 1.93 bits per heavy atom. The van der Waals surface area contributed by atoms with Crippen molar-refractivity contribution in [2.75, 3.05) is 0 Å². The van der Waals surface area contributed by atoms with Crippen molar-refractivity contribution in [3.8, 4) is 0 Å². The highest BCUT2D eigenvalue weighted by Crippen LogP contribution is 2.03. The van der Waals surface area contributed by atoms with Gasteiger partial charge in [0, 0.05) is 16.8 Å². The highest BCUT2D eigenvalue weighted by atomic mass is 16.3. The third kappa shape index (κ3) is 1.25. The Morgan fingerprint density at radius 3 is 2.57 bits per heavy atom. The lowest BCUT2D eigenvalue weighted by Gasteiger charge is -1.99.